The number of nitrogen functional groups attached to an aromatic ring is 1. The number of aryl methyl sites for hydroxylation is 1. The van der Waals surface area contributed by atoms with Crippen LogP contribution in [0.15, 0.2) is 6.07 Å². The minimum Gasteiger partial charge on any atom is -0.383 e. The maximum atomic E-state index is 5.69. The highest BCUT2D eigenvalue weighted by Crippen LogP contribution is 2.16. The summed E-state index contributed by atoms with van der Waals surface area (Å²) in [6.45, 7) is 5.95. The van der Waals surface area contributed by atoms with E-state index in [0.717, 1.165) is 18.1 Å². The Morgan fingerprint density at radius 2 is 2.06 bits per heavy atom. The maximum absolute atomic E-state index is 5.69. The summed E-state index contributed by atoms with van der Waals surface area (Å²) >= 11 is 0. The molecule has 18 heavy (non-hydrogen) atoms. The molecule has 1 aromatic rings. The molecule has 1 heterocycles. The number of ether oxygens (including phenoxy) is 2. The number of nitrogens with zero attached hydrogens (tertiary/aromatic N) is 3. The average Bonchev–Trinajstić information content (AvgIpc) is 2.28. The minimum absolute atomic E-state index is 0.193. The largest absolute Gasteiger partial charge is 0.383 e. The lowest BCUT2D eigenvalue weighted by Crippen LogP contribution is -2.39. The van der Waals surface area contributed by atoms with Crippen LogP contribution in [-0.2, 0) is 9.47 Å². The highest BCUT2D eigenvalue weighted by molar-refractivity contribution is 5.44. The molecule has 1 atom stereocenters. The fourth-order valence-corrected chi connectivity index (χ4v) is 1.80. The van der Waals surface area contributed by atoms with E-state index in [9.17, 15) is 0 Å². The van der Waals surface area contributed by atoms with E-state index in [1.165, 1.54) is 0 Å². The fraction of sp³-hybridized carbons (Fsp3) is 0.667. The molecule has 1 aromatic heterocycles. The molecule has 0 aliphatic heterocycles. The molecule has 0 saturated carbocycles. The van der Waals surface area contributed by atoms with Gasteiger partial charge in [0.15, 0.2) is 0 Å². The number of rotatable bonds is 7. The lowest BCUT2D eigenvalue weighted by molar-refractivity contribution is 0.170. The molecule has 0 aliphatic carbocycles. The molecule has 1 unspecified atom stereocenters. The van der Waals surface area contributed by atoms with Crippen molar-refractivity contribution in [3.63, 3.8) is 0 Å². The smallest absolute Gasteiger partial charge is 0.222 e. The Morgan fingerprint density at radius 3 is 2.61 bits per heavy atom. The van der Waals surface area contributed by atoms with Crippen LogP contribution in [0.1, 0.15) is 12.6 Å². The second kappa shape index (κ2) is 7.13. The van der Waals surface area contributed by atoms with Gasteiger partial charge in [0.1, 0.15) is 5.82 Å². The molecule has 102 valence electrons. The number of hydrogen-bond donors (Lipinski definition) is 1. The first-order valence-corrected chi connectivity index (χ1v) is 5.94. The van der Waals surface area contributed by atoms with Gasteiger partial charge in [-0.2, -0.15) is 4.98 Å². The van der Waals surface area contributed by atoms with Crippen molar-refractivity contribution in [1.29, 1.82) is 0 Å². The summed E-state index contributed by atoms with van der Waals surface area (Å²) in [6, 6.07) is 2.11. The molecule has 0 aliphatic rings. The van der Waals surface area contributed by atoms with E-state index in [1.807, 2.05) is 13.0 Å². The van der Waals surface area contributed by atoms with Crippen LogP contribution in [-0.4, -0.2) is 50.0 Å². The Balaban J connectivity index is 2.92. The van der Waals surface area contributed by atoms with E-state index in [1.54, 1.807) is 14.2 Å². The number of hydrogen-bond acceptors (Lipinski definition) is 6. The Labute approximate surface area is 108 Å². The highest BCUT2D eigenvalue weighted by atomic mass is 16.5. The Hall–Kier alpha value is -1.40. The first kappa shape index (κ1) is 14.7. The number of methoxy groups -OCH3 is 2. The zero-order valence-electron chi connectivity index (χ0n) is 11.5. The third kappa shape index (κ3) is 4.12. The van der Waals surface area contributed by atoms with Gasteiger partial charge in [0.05, 0.1) is 19.3 Å². The monoisotopic (exact) mass is 254 g/mol. The topological polar surface area (TPSA) is 73.5 Å². The summed E-state index contributed by atoms with van der Waals surface area (Å²) in [7, 11) is 3.36. The van der Waals surface area contributed by atoms with Crippen LogP contribution in [0.3, 0.4) is 0 Å². The lowest BCUT2D eigenvalue weighted by Gasteiger charge is -2.29. The van der Waals surface area contributed by atoms with Crippen LogP contribution in [0.25, 0.3) is 0 Å². The first-order valence-electron chi connectivity index (χ1n) is 5.94. The molecule has 0 bridgehead atoms. The Bertz CT molecular complexity index is 353. The van der Waals surface area contributed by atoms with Crippen molar-refractivity contribution in [2.45, 2.75) is 19.9 Å². The molecule has 0 saturated heterocycles. The van der Waals surface area contributed by atoms with Crippen LogP contribution >= 0.6 is 0 Å². The van der Waals surface area contributed by atoms with Crippen LogP contribution in [0, 0.1) is 6.92 Å². The molecule has 0 amide bonds. The lowest BCUT2D eigenvalue weighted by atomic mass is 10.2. The van der Waals surface area contributed by atoms with Crippen molar-refractivity contribution in [3.8, 4) is 0 Å². The van der Waals surface area contributed by atoms with Crippen LogP contribution in [0.2, 0.25) is 0 Å². The van der Waals surface area contributed by atoms with Gasteiger partial charge in [-0.05, 0) is 13.8 Å². The molecule has 6 nitrogen and oxygen atoms in total. The number of aromatic nitrogens is 2. The molecule has 1 rings (SSSR count). The zero-order valence-corrected chi connectivity index (χ0v) is 11.5. The summed E-state index contributed by atoms with van der Waals surface area (Å²) in [6.07, 6.45) is 0. The summed E-state index contributed by atoms with van der Waals surface area (Å²) in [4.78, 5) is 10.5. The quantitative estimate of drug-likeness (QED) is 0.778. The molecule has 0 aromatic carbocycles. The van der Waals surface area contributed by atoms with E-state index in [4.69, 9.17) is 15.2 Å². The first-order chi connectivity index (χ1) is 8.58. The number of anilines is 2. The van der Waals surface area contributed by atoms with Crippen molar-refractivity contribution < 1.29 is 9.47 Å². The van der Waals surface area contributed by atoms with Gasteiger partial charge >= 0.3 is 0 Å². The van der Waals surface area contributed by atoms with E-state index < -0.39 is 0 Å². The van der Waals surface area contributed by atoms with Crippen LogP contribution in [0.5, 0.6) is 0 Å². The summed E-state index contributed by atoms with van der Waals surface area (Å²) in [5, 5.41) is 0. The molecule has 0 radical (unpaired) electrons. The number of nitrogens with two attached hydrogens (primary N) is 1. The van der Waals surface area contributed by atoms with Gasteiger partial charge in [-0.25, -0.2) is 4.98 Å². The van der Waals surface area contributed by atoms with Gasteiger partial charge in [0.25, 0.3) is 0 Å². The van der Waals surface area contributed by atoms with E-state index in [2.05, 4.69) is 21.8 Å². The molecule has 2 N–H and O–H groups in total. The van der Waals surface area contributed by atoms with Crippen molar-refractivity contribution in [2.75, 3.05) is 44.6 Å². The fourth-order valence-electron chi connectivity index (χ4n) is 1.80. The minimum atomic E-state index is 0.193. The van der Waals surface area contributed by atoms with E-state index in [0.29, 0.717) is 13.2 Å². The summed E-state index contributed by atoms with van der Waals surface area (Å²) < 4.78 is 10.3. The molecule has 6 heteroatoms. The van der Waals surface area contributed by atoms with Gasteiger partial charge < -0.3 is 20.1 Å². The van der Waals surface area contributed by atoms with Crippen molar-refractivity contribution >= 4 is 11.8 Å². The third-order valence-corrected chi connectivity index (χ3v) is 2.63. The maximum Gasteiger partial charge on any atom is 0.222 e. The van der Waals surface area contributed by atoms with Crippen molar-refractivity contribution in [3.05, 3.63) is 11.8 Å². The van der Waals surface area contributed by atoms with Crippen molar-refractivity contribution in [1.82, 2.24) is 9.97 Å². The molecule has 0 fully saturated rings. The molecular formula is C12H22N4O2. The highest BCUT2D eigenvalue weighted by Gasteiger charge is 2.16. The summed E-state index contributed by atoms with van der Waals surface area (Å²) in [5.41, 5.74) is 6.54. The predicted molar refractivity (Wildman–Crippen MR) is 71.7 cm³/mol. The Morgan fingerprint density at radius 1 is 1.33 bits per heavy atom. The third-order valence-electron chi connectivity index (χ3n) is 2.63. The molecular weight excluding hydrogens is 232 g/mol. The van der Waals surface area contributed by atoms with Crippen LogP contribution < -0.4 is 10.6 Å². The van der Waals surface area contributed by atoms with Gasteiger partial charge in [0.2, 0.25) is 5.95 Å². The summed E-state index contributed by atoms with van der Waals surface area (Å²) in [5.74, 6) is 1.10. The molecule has 0 spiro atoms. The second-order valence-corrected chi connectivity index (χ2v) is 4.22. The average molecular weight is 254 g/mol. The van der Waals surface area contributed by atoms with Crippen molar-refractivity contribution in [2.24, 2.45) is 0 Å². The Kier molecular flexibility index (Phi) is 5.80. The van der Waals surface area contributed by atoms with Gasteiger partial charge in [0, 0.05) is 32.5 Å². The normalized spacial score (nSPS) is 12.4. The van der Waals surface area contributed by atoms with Crippen LogP contribution in [0.4, 0.5) is 11.8 Å². The van der Waals surface area contributed by atoms with Gasteiger partial charge in [-0.3, -0.25) is 0 Å². The predicted octanol–water partition coefficient (Wildman–Crippen LogP) is 0.855. The SMILES string of the molecule is COCCN(c1cc(C)nc(N)n1)C(C)COC. The van der Waals surface area contributed by atoms with Gasteiger partial charge in [-0.1, -0.05) is 0 Å². The zero-order chi connectivity index (χ0) is 13.5. The second-order valence-electron chi connectivity index (χ2n) is 4.22. The standard InChI is InChI=1S/C12H22N4O2/c1-9-7-11(15-12(13)14-9)16(5-6-17-3)10(2)8-18-4/h7,10H,5-6,8H2,1-4H3,(H2,13,14,15). The van der Waals surface area contributed by atoms with E-state index in [-0.39, 0.29) is 12.0 Å². The van der Waals surface area contributed by atoms with Gasteiger partial charge in [-0.15, -0.1) is 0 Å². The van der Waals surface area contributed by atoms with E-state index >= 15 is 0 Å².